The van der Waals surface area contributed by atoms with E-state index in [2.05, 4.69) is 154 Å². The van der Waals surface area contributed by atoms with E-state index in [1.807, 2.05) is 135 Å². The molecular formula is C94H104N8+4. The molecule has 0 bridgehead atoms. The Kier molecular flexibility index (Phi) is 16.0. The molecule has 12 aromatic rings. The Labute approximate surface area is 622 Å². The lowest BCUT2D eigenvalue weighted by molar-refractivity contribution is -0.660. The predicted octanol–water partition coefficient (Wildman–Crippen LogP) is 19.8. The third kappa shape index (κ3) is 13.6. The summed E-state index contributed by atoms with van der Waals surface area (Å²) in [6.45, 7) is 27.5. The van der Waals surface area contributed by atoms with E-state index < -0.39 is 37.3 Å². The van der Waals surface area contributed by atoms with Crippen molar-refractivity contribution in [2.24, 2.45) is 33.6 Å². The molecular weight excluding hydrogens is 1240 g/mol. The van der Waals surface area contributed by atoms with Crippen molar-refractivity contribution < 1.29 is 32.0 Å². The topological polar surface area (TPSA) is 67.1 Å². The van der Waals surface area contributed by atoms with E-state index in [9.17, 15) is 0 Å². The van der Waals surface area contributed by atoms with Crippen molar-refractivity contribution in [3.8, 4) is 89.5 Å². The molecule has 4 aromatic carbocycles. The average molecular weight is 1360 g/mol. The maximum atomic E-state index is 8.68. The molecule has 4 aliphatic rings. The predicted molar refractivity (Wildman–Crippen MR) is 420 cm³/mol. The minimum absolute atomic E-state index is 0.236. The van der Waals surface area contributed by atoms with Crippen LogP contribution in [0.15, 0.2) is 158 Å². The van der Waals surface area contributed by atoms with E-state index in [0.29, 0.717) is 11.1 Å². The van der Waals surface area contributed by atoms with E-state index in [0.717, 1.165) is 122 Å². The van der Waals surface area contributed by atoms with Gasteiger partial charge in [-0.05, 0) is 237 Å². The first-order valence-corrected chi connectivity index (χ1v) is 35.7. The molecule has 8 heteroatoms. The first kappa shape index (κ1) is 58.7. The summed E-state index contributed by atoms with van der Waals surface area (Å²) in [5, 5.41) is 0. The van der Waals surface area contributed by atoms with Gasteiger partial charge in [0.05, 0.1) is 22.8 Å². The quantitative estimate of drug-likeness (QED) is 0.149. The average Bonchev–Trinajstić information content (AvgIpc) is 1.74. The lowest BCUT2D eigenvalue weighted by atomic mass is 9.87. The summed E-state index contributed by atoms with van der Waals surface area (Å²) in [6, 6.07) is 46.4. The second-order valence-electron chi connectivity index (χ2n) is 30.2. The number of aryl methyl sites for hydroxylation is 11. The van der Waals surface area contributed by atoms with Crippen LogP contribution in [0.25, 0.3) is 89.5 Å². The monoisotopic (exact) mass is 1350 g/mol. The highest BCUT2D eigenvalue weighted by Crippen LogP contribution is 2.45. The molecule has 4 aliphatic carbocycles. The standard InChI is InChI=1S/C25H29N2.C24H27N2.C23H25N2.C22H23N2/c1-16-7-8-21-20-10-9-19(17(2)22(20)14-23(21)26-16)24-13-18(11-12-27(24)6)15-25(3,4)5;1-14(2)21-12-24(26(6)13-15(21)3)18-9-10-19-20-8-7-16(4)25-23(20)11-22(19)17(18)5;1-14(2)17-10-11-25(5)23(12-17)18-8-9-19-20-7-6-15(3)24-22(20)13-21(19)16(18)4;1-13-10-22(24(5)12-14(13)2)17-8-9-18-19-7-6-15(3)23-21(19)11-20(18)16(17)4/h7-13H,14-15H2,1-6H3;7-10,12-14H,11H2,1-6H3;6-12,14H,13H2,1-5H3;6-10,12H,11H2,1-5H3/q4*+1/i15D2;3D3,14D;14D;2D3. The molecule has 8 nitrogen and oxygen atoms in total. The van der Waals surface area contributed by atoms with Crippen LogP contribution in [0, 0.1) is 81.4 Å². The SMILES string of the molecule is [2H]C(C)(C)c1cc[n+](C)c(-c2ccc3c(c2C)Cc2nc(C)ccc2-3)c1.[2H]C([2H])([2H])c1c[n+](C)c(-c2ccc3c(c2C)Cc2nc(C)ccc2-3)cc1C.[2H]C([2H])([2H])c1c[n+](C)c(-c2ccc3c(c2C)Cc2nc(C)ccc2-3)cc1C([2H])(C)C.[2H]C([2H])(c1cc[n+](C)c(-c2ccc3c(c2C)Cc2nc(C)ccc2-3)c1)C(C)(C)C. The second kappa shape index (κ2) is 27.8. The van der Waals surface area contributed by atoms with Gasteiger partial charge in [0.2, 0.25) is 22.8 Å². The zero-order chi connectivity index (χ0) is 81.3. The van der Waals surface area contributed by atoms with Crippen LogP contribution in [-0.2, 0) is 60.2 Å². The number of hydrogen-bond acceptors (Lipinski definition) is 4. The molecule has 0 radical (unpaired) electrons. The molecule has 8 heterocycles. The number of aromatic nitrogens is 8. The van der Waals surface area contributed by atoms with Gasteiger partial charge in [0.15, 0.2) is 24.8 Å². The van der Waals surface area contributed by atoms with Crippen LogP contribution in [0.5, 0.6) is 0 Å². The van der Waals surface area contributed by atoms with Gasteiger partial charge in [-0.15, -0.1) is 0 Å². The molecule has 0 fully saturated rings. The van der Waals surface area contributed by atoms with Gasteiger partial charge in [0, 0.05) is 154 Å². The van der Waals surface area contributed by atoms with Crippen molar-refractivity contribution in [2.45, 2.75) is 168 Å². The normalized spacial score (nSPS) is 14.5. The third-order valence-electron chi connectivity index (χ3n) is 21.2. The van der Waals surface area contributed by atoms with Gasteiger partial charge in [-0.25, -0.2) is 18.3 Å². The fraction of sp³-hybridized carbons (Fsp3) is 0.319. The van der Waals surface area contributed by atoms with Crippen LogP contribution in [0.3, 0.4) is 0 Å². The molecule has 0 N–H and O–H groups in total. The van der Waals surface area contributed by atoms with Crippen molar-refractivity contribution in [3.05, 3.63) is 282 Å². The number of benzene rings is 4. The molecule has 0 spiro atoms. The van der Waals surface area contributed by atoms with E-state index >= 15 is 0 Å². The van der Waals surface area contributed by atoms with Crippen LogP contribution < -0.4 is 18.3 Å². The fourth-order valence-electron chi connectivity index (χ4n) is 15.5. The summed E-state index contributed by atoms with van der Waals surface area (Å²) in [4.78, 5) is 18.9. The van der Waals surface area contributed by atoms with Gasteiger partial charge in [0.1, 0.15) is 28.2 Å². The maximum Gasteiger partial charge on any atom is 0.212 e. The Hall–Kier alpha value is -9.92. The molecule has 0 unspecified atom stereocenters. The first-order chi connectivity index (χ1) is 52.3. The lowest BCUT2D eigenvalue weighted by Gasteiger charge is -2.18. The van der Waals surface area contributed by atoms with Crippen LogP contribution in [0.2, 0.25) is 0 Å². The molecule has 0 amide bonds. The largest absolute Gasteiger partial charge is 0.257 e. The number of pyridine rings is 8. The highest BCUT2D eigenvalue weighted by molar-refractivity contribution is 5.85. The van der Waals surface area contributed by atoms with Gasteiger partial charge in [-0.2, -0.15) is 0 Å². The number of fused-ring (bicyclic) bond motifs is 12. The summed E-state index contributed by atoms with van der Waals surface area (Å²) < 4.78 is 89.3. The molecule has 16 rings (SSSR count). The lowest BCUT2D eigenvalue weighted by Crippen LogP contribution is -2.32. The van der Waals surface area contributed by atoms with Gasteiger partial charge >= 0.3 is 0 Å². The molecule has 102 heavy (non-hydrogen) atoms. The van der Waals surface area contributed by atoms with E-state index in [1.165, 1.54) is 100 Å². The number of rotatable bonds is 7. The van der Waals surface area contributed by atoms with E-state index in [4.69, 9.17) is 33.6 Å². The smallest absolute Gasteiger partial charge is 0.212 e. The van der Waals surface area contributed by atoms with Crippen molar-refractivity contribution in [1.29, 1.82) is 0 Å². The van der Waals surface area contributed by atoms with E-state index in [-0.39, 0.29) is 5.56 Å². The maximum absolute atomic E-state index is 8.68. The number of nitrogens with zero attached hydrogens (tertiary/aromatic N) is 8. The van der Waals surface area contributed by atoms with Crippen molar-refractivity contribution in [1.82, 2.24) is 19.9 Å². The zero-order valence-electron chi connectivity index (χ0n) is 73.4. The third-order valence-corrected chi connectivity index (χ3v) is 21.2. The Morgan fingerprint density at radius 1 is 0.373 bits per heavy atom. The molecule has 516 valence electrons. The Morgan fingerprint density at radius 2 is 0.696 bits per heavy atom. The van der Waals surface area contributed by atoms with Crippen LogP contribution in [0.1, 0.15) is 197 Å². The Morgan fingerprint density at radius 3 is 1.05 bits per heavy atom. The summed E-state index contributed by atoms with van der Waals surface area (Å²) in [6.07, 6.45) is 9.44. The van der Waals surface area contributed by atoms with Crippen LogP contribution in [-0.4, -0.2) is 19.9 Å². The molecule has 0 aliphatic heterocycles. The van der Waals surface area contributed by atoms with Crippen molar-refractivity contribution in [3.63, 3.8) is 0 Å². The Bertz CT molecular complexity index is 5830. The Balaban J connectivity index is 0.000000131. The van der Waals surface area contributed by atoms with Gasteiger partial charge in [-0.1, -0.05) is 97.0 Å². The minimum Gasteiger partial charge on any atom is -0.257 e. The first-order valence-electron chi connectivity index (χ1n) is 40.7. The highest BCUT2D eigenvalue weighted by atomic mass is 14.9. The fourth-order valence-corrected chi connectivity index (χ4v) is 15.5. The van der Waals surface area contributed by atoms with Gasteiger partial charge < -0.3 is 0 Å². The molecule has 0 saturated carbocycles. The van der Waals surface area contributed by atoms with Crippen molar-refractivity contribution >= 4 is 0 Å². The second-order valence-corrected chi connectivity index (χ2v) is 30.2. The minimum atomic E-state index is -2.26. The van der Waals surface area contributed by atoms with Crippen molar-refractivity contribution in [2.75, 3.05) is 0 Å². The van der Waals surface area contributed by atoms with Crippen LogP contribution >= 0.6 is 0 Å². The number of hydrogen-bond donors (Lipinski definition) is 0. The summed E-state index contributed by atoms with van der Waals surface area (Å²) in [5.41, 5.74) is 41.0. The summed E-state index contributed by atoms with van der Waals surface area (Å²) >= 11 is 0. The molecule has 0 saturated heterocycles. The zero-order valence-corrected chi connectivity index (χ0v) is 63.4. The van der Waals surface area contributed by atoms with Gasteiger partial charge in [-0.3, -0.25) is 19.9 Å². The molecule has 0 atom stereocenters. The molecule has 8 aromatic heterocycles. The summed E-state index contributed by atoms with van der Waals surface area (Å²) in [7, 11) is 7.88. The van der Waals surface area contributed by atoms with E-state index in [1.54, 1.807) is 26.2 Å². The van der Waals surface area contributed by atoms with Crippen LogP contribution in [0.4, 0.5) is 0 Å². The highest BCUT2D eigenvalue weighted by Gasteiger charge is 2.31. The van der Waals surface area contributed by atoms with Gasteiger partial charge in [0.25, 0.3) is 0 Å². The summed E-state index contributed by atoms with van der Waals surface area (Å²) in [5.74, 6) is -1.62.